The van der Waals surface area contributed by atoms with E-state index in [0.717, 1.165) is 11.4 Å². The minimum Gasteiger partial charge on any atom is -0.497 e. The van der Waals surface area contributed by atoms with Crippen molar-refractivity contribution < 1.29 is 23.7 Å². The number of nitrogens with one attached hydrogen (secondary N) is 2. The summed E-state index contributed by atoms with van der Waals surface area (Å²) < 4.78 is 28.9. The standard InChI is InChI=1S/C24H34N2O5/c1-24(2)30-16-20(25-15-17-9-7-6-8-10-17)22(31-24)21(23(28-4)29-5)26-18-11-13-19(27-3)14-12-18/h6-14,20-23,25-26H,15-16H2,1-5H3/t20-,21-,22+/m0/s1. The van der Waals surface area contributed by atoms with Crippen molar-refractivity contribution in [1.82, 2.24) is 5.32 Å². The van der Waals surface area contributed by atoms with Crippen molar-refractivity contribution >= 4 is 5.69 Å². The van der Waals surface area contributed by atoms with Crippen LogP contribution in [-0.2, 0) is 25.5 Å². The van der Waals surface area contributed by atoms with Crippen LogP contribution in [0.2, 0.25) is 0 Å². The van der Waals surface area contributed by atoms with Gasteiger partial charge in [-0.1, -0.05) is 30.3 Å². The average molecular weight is 431 g/mol. The van der Waals surface area contributed by atoms with E-state index >= 15 is 0 Å². The van der Waals surface area contributed by atoms with Gasteiger partial charge in [0.15, 0.2) is 12.1 Å². The molecule has 0 aromatic heterocycles. The number of anilines is 1. The fourth-order valence-electron chi connectivity index (χ4n) is 3.75. The summed E-state index contributed by atoms with van der Waals surface area (Å²) >= 11 is 0. The Hall–Kier alpha value is -2.16. The molecule has 31 heavy (non-hydrogen) atoms. The number of hydrogen-bond acceptors (Lipinski definition) is 7. The van der Waals surface area contributed by atoms with Crippen molar-refractivity contribution in [3.05, 3.63) is 60.2 Å². The Kier molecular flexibility index (Phi) is 8.28. The maximum atomic E-state index is 6.41. The molecule has 1 heterocycles. The fraction of sp³-hybridized carbons (Fsp3) is 0.500. The fourth-order valence-corrected chi connectivity index (χ4v) is 3.75. The van der Waals surface area contributed by atoms with Crippen LogP contribution in [0.4, 0.5) is 5.69 Å². The Morgan fingerprint density at radius 2 is 1.68 bits per heavy atom. The summed E-state index contributed by atoms with van der Waals surface area (Å²) in [4.78, 5) is 0. The summed E-state index contributed by atoms with van der Waals surface area (Å²) in [5, 5.41) is 7.13. The quantitative estimate of drug-likeness (QED) is 0.560. The highest BCUT2D eigenvalue weighted by Gasteiger charge is 2.44. The zero-order valence-corrected chi connectivity index (χ0v) is 19.0. The summed E-state index contributed by atoms with van der Waals surface area (Å²) in [6.07, 6.45) is -0.804. The highest BCUT2D eigenvalue weighted by molar-refractivity contribution is 5.47. The molecule has 170 valence electrons. The molecule has 0 unspecified atom stereocenters. The first-order valence-electron chi connectivity index (χ1n) is 10.5. The van der Waals surface area contributed by atoms with Gasteiger partial charge in [0, 0.05) is 26.5 Å². The van der Waals surface area contributed by atoms with E-state index in [2.05, 4.69) is 22.8 Å². The zero-order valence-electron chi connectivity index (χ0n) is 19.0. The van der Waals surface area contributed by atoms with Crippen molar-refractivity contribution in [2.75, 3.05) is 33.3 Å². The normalized spacial score (nSPS) is 21.6. The van der Waals surface area contributed by atoms with E-state index < -0.39 is 12.1 Å². The monoisotopic (exact) mass is 430 g/mol. The lowest BCUT2D eigenvalue weighted by Gasteiger charge is -2.46. The van der Waals surface area contributed by atoms with Gasteiger partial charge in [0.1, 0.15) is 17.9 Å². The predicted octanol–water partition coefficient (Wildman–Crippen LogP) is 3.40. The smallest absolute Gasteiger partial charge is 0.179 e. The van der Waals surface area contributed by atoms with Crippen molar-refractivity contribution in [3.63, 3.8) is 0 Å². The van der Waals surface area contributed by atoms with Gasteiger partial charge in [-0.15, -0.1) is 0 Å². The summed E-state index contributed by atoms with van der Waals surface area (Å²) in [7, 11) is 4.92. The summed E-state index contributed by atoms with van der Waals surface area (Å²) in [5.74, 6) is 0.0737. The number of hydrogen-bond donors (Lipinski definition) is 2. The Morgan fingerprint density at radius 3 is 2.29 bits per heavy atom. The molecule has 2 aromatic carbocycles. The molecule has 7 heteroatoms. The number of rotatable bonds is 10. The molecular weight excluding hydrogens is 396 g/mol. The van der Waals surface area contributed by atoms with Crippen LogP contribution in [0.1, 0.15) is 19.4 Å². The maximum absolute atomic E-state index is 6.41. The SMILES string of the molecule is COc1ccc(N[C@H](C(OC)OC)[C@@H]2OC(C)(C)OC[C@@H]2NCc2ccccc2)cc1. The molecule has 0 amide bonds. The van der Waals surface area contributed by atoms with E-state index in [-0.39, 0.29) is 18.2 Å². The van der Waals surface area contributed by atoms with Crippen LogP contribution >= 0.6 is 0 Å². The second-order valence-corrected chi connectivity index (χ2v) is 8.00. The van der Waals surface area contributed by atoms with Crippen LogP contribution in [0, 0.1) is 0 Å². The van der Waals surface area contributed by atoms with E-state index in [1.807, 2.05) is 56.3 Å². The minimum atomic E-state index is -0.721. The average Bonchev–Trinajstić information content (AvgIpc) is 2.79. The topological polar surface area (TPSA) is 70.2 Å². The van der Waals surface area contributed by atoms with Crippen molar-refractivity contribution in [2.45, 2.75) is 50.7 Å². The number of ether oxygens (including phenoxy) is 5. The van der Waals surface area contributed by atoms with Gasteiger partial charge >= 0.3 is 0 Å². The van der Waals surface area contributed by atoms with Crippen molar-refractivity contribution in [1.29, 1.82) is 0 Å². The second kappa shape index (κ2) is 10.9. The highest BCUT2D eigenvalue weighted by atomic mass is 16.7. The molecule has 0 radical (unpaired) electrons. The molecule has 1 aliphatic rings. The first kappa shape index (κ1) is 23.5. The predicted molar refractivity (Wildman–Crippen MR) is 120 cm³/mol. The van der Waals surface area contributed by atoms with Crippen LogP contribution in [0.5, 0.6) is 5.75 Å². The third-order valence-electron chi connectivity index (χ3n) is 5.37. The molecule has 0 bridgehead atoms. The van der Waals surface area contributed by atoms with Crippen LogP contribution in [-0.4, -0.2) is 58.2 Å². The Balaban J connectivity index is 1.83. The van der Waals surface area contributed by atoms with Crippen LogP contribution in [0.25, 0.3) is 0 Å². The lowest BCUT2D eigenvalue weighted by atomic mass is 9.99. The molecule has 2 aromatic rings. The van der Waals surface area contributed by atoms with Crippen LogP contribution in [0.3, 0.4) is 0 Å². The third kappa shape index (κ3) is 6.41. The number of benzene rings is 2. The molecule has 0 spiro atoms. The lowest BCUT2D eigenvalue weighted by Crippen LogP contribution is -2.63. The molecule has 7 nitrogen and oxygen atoms in total. The van der Waals surface area contributed by atoms with E-state index in [1.54, 1.807) is 21.3 Å². The molecule has 3 atom stereocenters. The number of methoxy groups -OCH3 is 3. The summed E-state index contributed by atoms with van der Waals surface area (Å²) in [6, 6.07) is 17.7. The molecule has 2 N–H and O–H groups in total. The molecule has 1 saturated heterocycles. The molecule has 1 aliphatic heterocycles. The van der Waals surface area contributed by atoms with Crippen molar-refractivity contribution in [3.8, 4) is 5.75 Å². The van der Waals surface area contributed by atoms with E-state index in [1.165, 1.54) is 5.56 Å². The van der Waals surface area contributed by atoms with Gasteiger partial charge in [-0.3, -0.25) is 0 Å². The van der Waals surface area contributed by atoms with Gasteiger partial charge in [0.2, 0.25) is 0 Å². The summed E-state index contributed by atoms with van der Waals surface area (Å²) in [6.45, 7) is 5.05. The third-order valence-corrected chi connectivity index (χ3v) is 5.37. The molecule has 1 fully saturated rings. The first-order valence-corrected chi connectivity index (χ1v) is 10.5. The van der Waals surface area contributed by atoms with Gasteiger partial charge in [0.05, 0.1) is 19.8 Å². The van der Waals surface area contributed by atoms with Gasteiger partial charge in [0.25, 0.3) is 0 Å². The maximum Gasteiger partial charge on any atom is 0.179 e. The van der Waals surface area contributed by atoms with E-state index in [4.69, 9.17) is 23.7 Å². The lowest BCUT2D eigenvalue weighted by molar-refractivity contribution is -0.295. The van der Waals surface area contributed by atoms with Gasteiger partial charge in [-0.05, 0) is 43.7 Å². The minimum absolute atomic E-state index is 0.0724. The van der Waals surface area contributed by atoms with E-state index in [9.17, 15) is 0 Å². The Morgan fingerprint density at radius 1 is 1.00 bits per heavy atom. The van der Waals surface area contributed by atoms with Gasteiger partial charge in [-0.2, -0.15) is 0 Å². The Bertz CT molecular complexity index is 780. The largest absolute Gasteiger partial charge is 0.497 e. The van der Waals surface area contributed by atoms with Gasteiger partial charge in [-0.25, -0.2) is 0 Å². The molecule has 0 saturated carbocycles. The second-order valence-electron chi connectivity index (χ2n) is 8.00. The first-order chi connectivity index (χ1) is 15.0. The summed E-state index contributed by atoms with van der Waals surface area (Å²) in [5.41, 5.74) is 2.11. The van der Waals surface area contributed by atoms with Crippen LogP contribution in [0.15, 0.2) is 54.6 Å². The van der Waals surface area contributed by atoms with Crippen LogP contribution < -0.4 is 15.4 Å². The molecular formula is C24H34N2O5. The van der Waals surface area contributed by atoms with Gasteiger partial charge < -0.3 is 34.3 Å². The van der Waals surface area contributed by atoms with E-state index in [0.29, 0.717) is 13.2 Å². The Labute approximate surface area is 185 Å². The molecule has 0 aliphatic carbocycles. The zero-order chi connectivity index (χ0) is 22.3. The van der Waals surface area contributed by atoms with Crippen molar-refractivity contribution in [2.24, 2.45) is 0 Å². The highest BCUT2D eigenvalue weighted by Crippen LogP contribution is 2.29. The molecule has 3 rings (SSSR count).